The molecule has 0 spiro atoms. The number of piperidine rings is 2. The molecule has 3 fully saturated rings. The molecule has 0 radical (unpaired) electrons. The fourth-order valence-corrected chi connectivity index (χ4v) is 8.28. The van der Waals surface area contributed by atoms with E-state index in [-0.39, 0.29) is 22.2 Å². The SMILES string of the molecule is Cc1nc(N2CCNCC2)nc(N(CCCCCCN(C)C2CC(C)(C)NC(C)(C)C2)C2CC(C)(C)NC(C)(C)C2)n1. The molecular formula is C33H63N9. The van der Waals surface area contributed by atoms with E-state index in [4.69, 9.17) is 15.0 Å². The minimum atomic E-state index is 0.0659. The Morgan fingerprint density at radius 3 is 1.74 bits per heavy atom. The number of anilines is 2. The number of nitrogens with zero attached hydrogens (tertiary/aromatic N) is 6. The number of unbranched alkanes of at least 4 members (excludes halogenated alkanes) is 3. The second-order valence-electron chi connectivity index (χ2n) is 16.2. The van der Waals surface area contributed by atoms with Crippen LogP contribution >= 0.6 is 0 Å². The lowest BCUT2D eigenvalue weighted by Crippen LogP contribution is -2.62. The highest BCUT2D eigenvalue weighted by molar-refractivity contribution is 5.41. The van der Waals surface area contributed by atoms with Gasteiger partial charge in [0.1, 0.15) is 5.82 Å². The number of aryl methyl sites for hydroxylation is 1. The Balaban J connectivity index is 1.38. The van der Waals surface area contributed by atoms with E-state index in [1.54, 1.807) is 0 Å². The summed E-state index contributed by atoms with van der Waals surface area (Å²) in [6.07, 6.45) is 9.51. The first kappa shape index (κ1) is 33.3. The van der Waals surface area contributed by atoms with Crippen molar-refractivity contribution in [2.45, 2.75) is 148 Å². The van der Waals surface area contributed by atoms with E-state index in [1.165, 1.54) is 38.6 Å². The van der Waals surface area contributed by atoms with Gasteiger partial charge in [0.15, 0.2) is 0 Å². The van der Waals surface area contributed by atoms with Gasteiger partial charge in [-0.2, -0.15) is 15.0 Å². The number of aromatic nitrogens is 3. The van der Waals surface area contributed by atoms with Crippen molar-refractivity contribution in [3.8, 4) is 0 Å². The third kappa shape index (κ3) is 9.47. The molecule has 4 heterocycles. The molecule has 0 aromatic carbocycles. The number of piperazine rings is 1. The first-order chi connectivity index (χ1) is 19.5. The van der Waals surface area contributed by atoms with Crippen LogP contribution in [0.1, 0.15) is 113 Å². The Hall–Kier alpha value is -1.55. The molecule has 42 heavy (non-hydrogen) atoms. The maximum Gasteiger partial charge on any atom is 0.230 e. The van der Waals surface area contributed by atoms with Crippen LogP contribution in [-0.2, 0) is 0 Å². The smallest absolute Gasteiger partial charge is 0.230 e. The molecule has 3 N–H and O–H groups in total. The molecule has 0 atom stereocenters. The van der Waals surface area contributed by atoms with Crippen molar-refractivity contribution >= 4 is 11.9 Å². The summed E-state index contributed by atoms with van der Waals surface area (Å²) in [6.45, 7) is 26.8. The molecule has 240 valence electrons. The van der Waals surface area contributed by atoms with E-state index < -0.39 is 0 Å². The van der Waals surface area contributed by atoms with Gasteiger partial charge in [0.05, 0.1) is 0 Å². The second-order valence-corrected chi connectivity index (χ2v) is 16.2. The van der Waals surface area contributed by atoms with Crippen LogP contribution in [0.2, 0.25) is 0 Å². The van der Waals surface area contributed by atoms with Crippen molar-refractivity contribution in [3.05, 3.63) is 5.82 Å². The average molecular weight is 586 g/mol. The third-order valence-corrected chi connectivity index (χ3v) is 9.44. The summed E-state index contributed by atoms with van der Waals surface area (Å²) in [7, 11) is 2.34. The molecule has 1 aromatic rings. The molecule has 0 saturated carbocycles. The van der Waals surface area contributed by atoms with Crippen molar-refractivity contribution in [3.63, 3.8) is 0 Å². The summed E-state index contributed by atoms with van der Waals surface area (Å²) in [4.78, 5) is 22.3. The van der Waals surface area contributed by atoms with Gasteiger partial charge in [-0.25, -0.2) is 0 Å². The minimum Gasteiger partial charge on any atom is -0.338 e. The van der Waals surface area contributed by atoms with Crippen molar-refractivity contribution in [2.75, 3.05) is 56.1 Å². The standard InChI is InChI=1S/C33H63N9/c1-25-35-28(41-19-15-34-16-20-41)37-29(36-25)42(27-23-32(6,7)39-33(8,9)24-27)18-14-12-11-13-17-40(10)26-21-30(2,3)38-31(4,5)22-26/h26-27,34,38-39H,11-24H2,1-10H3. The van der Waals surface area contributed by atoms with E-state index >= 15 is 0 Å². The predicted molar refractivity (Wildman–Crippen MR) is 177 cm³/mol. The van der Waals surface area contributed by atoms with Crippen LogP contribution in [0.4, 0.5) is 11.9 Å². The monoisotopic (exact) mass is 586 g/mol. The molecular weight excluding hydrogens is 522 g/mol. The van der Waals surface area contributed by atoms with Gasteiger partial charge >= 0.3 is 0 Å². The van der Waals surface area contributed by atoms with Crippen LogP contribution in [0, 0.1) is 6.92 Å². The molecule has 4 rings (SSSR count). The molecule has 0 unspecified atom stereocenters. The van der Waals surface area contributed by atoms with Gasteiger partial charge in [-0.15, -0.1) is 0 Å². The average Bonchev–Trinajstić information content (AvgIpc) is 2.84. The summed E-state index contributed by atoms with van der Waals surface area (Å²) in [5.41, 5.74) is 0.521. The highest BCUT2D eigenvalue weighted by Crippen LogP contribution is 2.34. The van der Waals surface area contributed by atoms with E-state index in [0.717, 1.165) is 69.7 Å². The summed E-state index contributed by atoms with van der Waals surface area (Å²) in [5, 5.41) is 11.2. The Morgan fingerprint density at radius 2 is 1.19 bits per heavy atom. The first-order valence-corrected chi connectivity index (χ1v) is 16.8. The van der Waals surface area contributed by atoms with Gasteiger partial charge in [-0.3, -0.25) is 0 Å². The highest BCUT2D eigenvalue weighted by atomic mass is 15.4. The number of hydrogen-bond donors (Lipinski definition) is 3. The van der Waals surface area contributed by atoms with Crippen molar-refractivity contribution in [1.82, 2.24) is 35.8 Å². The number of nitrogens with one attached hydrogen (secondary N) is 3. The lowest BCUT2D eigenvalue weighted by Gasteiger charge is -2.49. The lowest BCUT2D eigenvalue weighted by molar-refractivity contribution is 0.0805. The fourth-order valence-electron chi connectivity index (χ4n) is 8.28. The zero-order chi connectivity index (χ0) is 30.8. The van der Waals surface area contributed by atoms with Crippen molar-refractivity contribution < 1.29 is 0 Å². The molecule has 0 aliphatic carbocycles. The quantitative estimate of drug-likeness (QED) is 0.325. The maximum absolute atomic E-state index is 5.11. The molecule has 9 heteroatoms. The van der Waals surface area contributed by atoms with E-state index in [0.29, 0.717) is 12.1 Å². The van der Waals surface area contributed by atoms with Crippen LogP contribution in [0.3, 0.4) is 0 Å². The molecule has 3 aliphatic heterocycles. The maximum atomic E-state index is 5.11. The third-order valence-electron chi connectivity index (χ3n) is 9.44. The Labute approximate surface area is 257 Å². The van der Waals surface area contributed by atoms with Gasteiger partial charge in [0, 0.05) is 67.0 Å². The van der Waals surface area contributed by atoms with Gasteiger partial charge < -0.3 is 30.7 Å². The summed E-state index contributed by atoms with van der Waals surface area (Å²) < 4.78 is 0. The molecule has 3 saturated heterocycles. The first-order valence-electron chi connectivity index (χ1n) is 16.8. The van der Waals surface area contributed by atoms with Gasteiger partial charge in [-0.05, 0) is 114 Å². The fraction of sp³-hybridized carbons (Fsp3) is 0.909. The largest absolute Gasteiger partial charge is 0.338 e. The van der Waals surface area contributed by atoms with Gasteiger partial charge in [-0.1, -0.05) is 12.8 Å². The van der Waals surface area contributed by atoms with Crippen molar-refractivity contribution in [1.29, 1.82) is 0 Å². The molecule has 9 nitrogen and oxygen atoms in total. The molecule has 1 aromatic heterocycles. The minimum absolute atomic E-state index is 0.0659. The second kappa shape index (κ2) is 13.2. The normalized spacial score (nSPS) is 24.2. The van der Waals surface area contributed by atoms with E-state index in [2.05, 4.69) is 93.1 Å². The van der Waals surface area contributed by atoms with E-state index in [1.807, 2.05) is 6.92 Å². The number of hydrogen-bond acceptors (Lipinski definition) is 9. The predicted octanol–water partition coefficient (Wildman–Crippen LogP) is 4.51. The zero-order valence-electron chi connectivity index (χ0n) is 28.7. The van der Waals surface area contributed by atoms with Crippen LogP contribution in [0.15, 0.2) is 0 Å². The van der Waals surface area contributed by atoms with E-state index in [9.17, 15) is 0 Å². The Bertz CT molecular complexity index is 983. The van der Waals surface area contributed by atoms with Crippen LogP contribution in [0.25, 0.3) is 0 Å². The van der Waals surface area contributed by atoms with Crippen molar-refractivity contribution in [2.24, 2.45) is 0 Å². The van der Waals surface area contributed by atoms with Gasteiger partial charge in [0.25, 0.3) is 0 Å². The Morgan fingerprint density at radius 1 is 0.690 bits per heavy atom. The molecule has 3 aliphatic rings. The summed E-state index contributed by atoms with van der Waals surface area (Å²) in [6, 6.07) is 1.04. The van der Waals surface area contributed by atoms with Crippen LogP contribution in [-0.4, -0.2) is 100 Å². The van der Waals surface area contributed by atoms with Gasteiger partial charge in [0.2, 0.25) is 11.9 Å². The molecule has 0 amide bonds. The number of rotatable bonds is 11. The lowest BCUT2D eigenvalue weighted by atomic mass is 9.79. The molecule has 0 bridgehead atoms. The summed E-state index contributed by atoms with van der Waals surface area (Å²) >= 11 is 0. The highest BCUT2D eigenvalue weighted by Gasteiger charge is 2.41. The topological polar surface area (TPSA) is 84.5 Å². The van der Waals surface area contributed by atoms with Crippen LogP contribution in [0.5, 0.6) is 0 Å². The summed E-state index contributed by atoms with van der Waals surface area (Å²) in [5.74, 6) is 2.52. The van der Waals surface area contributed by atoms with Crippen LogP contribution < -0.4 is 25.8 Å². The zero-order valence-corrected chi connectivity index (χ0v) is 28.7. The Kier molecular flexibility index (Phi) is 10.5.